The molecule has 140 valence electrons. The van der Waals surface area contributed by atoms with Gasteiger partial charge in [-0.25, -0.2) is 0 Å². The van der Waals surface area contributed by atoms with E-state index in [9.17, 15) is 9.59 Å². The molecule has 25 heavy (non-hydrogen) atoms. The summed E-state index contributed by atoms with van der Waals surface area (Å²) in [5, 5.41) is 3.37. The summed E-state index contributed by atoms with van der Waals surface area (Å²) in [6, 6.07) is 7.81. The van der Waals surface area contributed by atoms with Crippen LogP contribution in [0, 0.1) is 0 Å². The molecule has 0 aliphatic heterocycles. The van der Waals surface area contributed by atoms with E-state index in [0.717, 1.165) is 57.4 Å². The quantitative estimate of drug-likeness (QED) is 0.436. The van der Waals surface area contributed by atoms with Crippen LogP contribution in [0.25, 0.3) is 0 Å². The van der Waals surface area contributed by atoms with E-state index in [2.05, 4.69) is 32.2 Å². The van der Waals surface area contributed by atoms with Crippen molar-refractivity contribution in [1.82, 2.24) is 10.2 Å². The van der Waals surface area contributed by atoms with Crippen LogP contribution in [0.4, 0.5) is 0 Å². The van der Waals surface area contributed by atoms with Gasteiger partial charge in [0, 0.05) is 31.5 Å². The molecule has 0 fully saturated rings. The number of ketones is 1. The van der Waals surface area contributed by atoms with Gasteiger partial charge in [-0.3, -0.25) is 9.59 Å². The van der Waals surface area contributed by atoms with Crippen LogP contribution in [0.1, 0.15) is 68.8 Å². The Morgan fingerprint density at radius 2 is 1.68 bits per heavy atom. The van der Waals surface area contributed by atoms with E-state index in [1.807, 2.05) is 23.1 Å². The summed E-state index contributed by atoms with van der Waals surface area (Å²) in [7, 11) is 0. The monoisotopic (exact) mass is 346 g/mol. The summed E-state index contributed by atoms with van der Waals surface area (Å²) in [4.78, 5) is 26.6. The van der Waals surface area contributed by atoms with E-state index in [1.54, 1.807) is 0 Å². The van der Waals surface area contributed by atoms with Crippen LogP contribution in [0.3, 0.4) is 0 Å². The fraction of sp³-hybridized carbons (Fsp3) is 0.619. The van der Waals surface area contributed by atoms with Gasteiger partial charge in [0.25, 0.3) is 0 Å². The largest absolute Gasteiger partial charge is 0.343 e. The highest BCUT2D eigenvalue weighted by atomic mass is 16.2. The van der Waals surface area contributed by atoms with Gasteiger partial charge < -0.3 is 10.2 Å². The third kappa shape index (κ3) is 8.30. The lowest BCUT2D eigenvalue weighted by Gasteiger charge is -2.21. The summed E-state index contributed by atoms with van der Waals surface area (Å²) in [5.74, 6) is 0.154. The Kier molecular flexibility index (Phi) is 10.8. The van der Waals surface area contributed by atoms with E-state index in [0.29, 0.717) is 12.8 Å². The number of hydrogen-bond donors (Lipinski definition) is 1. The standard InChI is InChI=1S/C21H34N2O2/c1-4-13-22-14-12-18-8-7-9-19(17-18)20(24)10-11-21(25)23(15-5-2)16-6-3/h7-9,17,22H,4-6,10-16H2,1-3H3. The Morgan fingerprint density at radius 3 is 2.32 bits per heavy atom. The minimum absolute atomic E-state index is 0.0599. The summed E-state index contributed by atoms with van der Waals surface area (Å²) < 4.78 is 0. The van der Waals surface area contributed by atoms with Crippen molar-refractivity contribution in [2.45, 2.75) is 59.3 Å². The zero-order valence-corrected chi connectivity index (χ0v) is 16.1. The van der Waals surface area contributed by atoms with E-state index in [4.69, 9.17) is 0 Å². The molecule has 0 saturated heterocycles. The van der Waals surface area contributed by atoms with Crippen LogP contribution < -0.4 is 5.32 Å². The van der Waals surface area contributed by atoms with Crippen molar-refractivity contribution in [2.75, 3.05) is 26.2 Å². The molecule has 0 atom stereocenters. The second-order valence-corrected chi connectivity index (χ2v) is 6.50. The number of carbonyl (C=O) groups is 2. The Morgan fingerprint density at radius 1 is 0.960 bits per heavy atom. The molecule has 0 aliphatic carbocycles. The molecular formula is C21H34N2O2. The third-order valence-electron chi connectivity index (χ3n) is 4.17. The van der Waals surface area contributed by atoms with Gasteiger partial charge in [-0.1, -0.05) is 39.0 Å². The molecule has 1 aromatic carbocycles. The number of Topliss-reactive ketones (excluding diaryl/α,β-unsaturated/α-hetero) is 1. The van der Waals surface area contributed by atoms with Gasteiger partial charge in [-0.2, -0.15) is 0 Å². The molecule has 4 heteroatoms. The van der Waals surface area contributed by atoms with Crippen LogP contribution in [0.15, 0.2) is 24.3 Å². The molecule has 1 rings (SSSR count). The molecule has 1 N–H and O–H groups in total. The van der Waals surface area contributed by atoms with E-state index in [-0.39, 0.29) is 11.7 Å². The Bertz CT molecular complexity index is 522. The molecule has 0 saturated carbocycles. The number of nitrogens with one attached hydrogen (secondary N) is 1. The van der Waals surface area contributed by atoms with Gasteiger partial charge in [-0.15, -0.1) is 0 Å². The Labute approximate surface area is 153 Å². The summed E-state index contributed by atoms with van der Waals surface area (Å²) in [6.45, 7) is 9.79. The van der Waals surface area contributed by atoms with Crippen LogP contribution in [-0.4, -0.2) is 42.8 Å². The molecular weight excluding hydrogens is 312 g/mol. The van der Waals surface area contributed by atoms with Gasteiger partial charge in [0.05, 0.1) is 0 Å². The number of benzene rings is 1. The van der Waals surface area contributed by atoms with Crippen molar-refractivity contribution in [3.8, 4) is 0 Å². The molecule has 0 spiro atoms. The average molecular weight is 347 g/mol. The normalized spacial score (nSPS) is 10.7. The minimum atomic E-state index is 0.0599. The van der Waals surface area contributed by atoms with Gasteiger partial charge in [0.2, 0.25) is 5.91 Å². The molecule has 0 aliphatic rings. The average Bonchev–Trinajstić information content (AvgIpc) is 2.63. The van der Waals surface area contributed by atoms with Crippen molar-refractivity contribution < 1.29 is 9.59 Å². The summed E-state index contributed by atoms with van der Waals surface area (Å²) in [5.41, 5.74) is 1.89. The highest BCUT2D eigenvalue weighted by Crippen LogP contribution is 2.11. The predicted molar refractivity (Wildman–Crippen MR) is 104 cm³/mol. The maximum absolute atomic E-state index is 12.4. The summed E-state index contributed by atoms with van der Waals surface area (Å²) >= 11 is 0. The van der Waals surface area contributed by atoms with Crippen LogP contribution >= 0.6 is 0 Å². The number of amides is 1. The lowest BCUT2D eigenvalue weighted by molar-refractivity contribution is -0.131. The number of nitrogens with zero attached hydrogens (tertiary/aromatic N) is 1. The van der Waals surface area contributed by atoms with Crippen molar-refractivity contribution in [3.05, 3.63) is 35.4 Å². The highest BCUT2D eigenvalue weighted by Gasteiger charge is 2.14. The SMILES string of the molecule is CCCNCCc1cccc(C(=O)CCC(=O)N(CCC)CCC)c1. The number of carbonyl (C=O) groups excluding carboxylic acids is 2. The van der Waals surface area contributed by atoms with Crippen molar-refractivity contribution in [1.29, 1.82) is 0 Å². The van der Waals surface area contributed by atoms with Crippen molar-refractivity contribution in [2.24, 2.45) is 0 Å². The fourth-order valence-corrected chi connectivity index (χ4v) is 2.86. The molecule has 4 nitrogen and oxygen atoms in total. The third-order valence-corrected chi connectivity index (χ3v) is 4.17. The maximum Gasteiger partial charge on any atom is 0.223 e. The first-order chi connectivity index (χ1) is 12.1. The Hall–Kier alpha value is -1.68. The molecule has 0 unspecified atom stereocenters. The number of hydrogen-bond acceptors (Lipinski definition) is 3. The van der Waals surface area contributed by atoms with Gasteiger partial charge >= 0.3 is 0 Å². The van der Waals surface area contributed by atoms with Gasteiger partial charge in [0.15, 0.2) is 5.78 Å². The minimum Gasteiger partial charge on any atom is -0.343 e. The maximum atomic E-state index is 12.4. The second-order valence-electron chi connectivity index (χ2n) is 6.50. The van der Waals surface area contributed by atoms with E-state index < -0.39 is 0 Å². The van der Waals surface area contributed by atoms with Crippen molar-refractivity contribution >= 4 is 11.7 Å². The first-order valence-electron chi connectivity index (χ1n) is 9.72. The lowest BCUT2D eigenvalue weighted by Crippen LogP contribution is -2.32. The second kappa shape index (κ2) is 12.6. The van der Waals surface area contributed by atoms with Crippen molar-refractivity contribution in [3.63, 3.8) is 0 Å². The topological polar surface area (TPSA) is 49.4 Å². The smallest absolute Gasteiger partial charge is 0.223 e. The highest BCUT2D eigenvalue weighted by molar-refractivity contribution is 5.98. The molecule has 1 aromatic rings. The van der Waals surface area contributed by atoms with Crippen LogP contribution in [-0.2, 0) is 11.2 Å². The predicted octanol–water partition coefficient (Wildman–Crippen LogP) is 3.84. The molecule has 0 bridgehead atoms. The van der Waals surface area contributed by atoms with E-state index in [1.165, 1.54) is 5.56 Å². The lowest BCUT2D eigenvalue weighted by atomic mass is 10.0. The van der Waals surface area contributed by atoms with Crippen LogP contribution in [0.5, 0.6) is 0 Å². The molecule has 1 amide bonds. The summed E-state index contributed by atoms with van der Waals surface area (Å²) in [6.07, 6.45) is 4.55. The van der Waals surface area contributed by atoms with Gasteiger partial charge in [-0.05, 0) is 50.4 Å². The first-order valence-corrected chi connectivity index (χ1v) is 9.72. The number of rotatable bonds is 13. The fourth-order valence-electron chi connectivity index (χ4n) is 2.86. The zero-order valence-electron chi connectivity index (χ0n) is 16.1. The molecule has 0 heterocycles. The molecule has 0 radical (unpaired) electrons. The molecule has 0 aromatic heterocycles. The van der Waals surface area contributed by atoms with Crippen LogP contribution in [0.2, 0.25) is 0 Å². The zero-order chi connectivity index (χ0) is 18.5. The van der Waals surface area contributed by atoms with E-state index >= 15 is 0 Å². The Balaban J connectivity index is 2.52. The first kappa shape index (κ1) is 21.4. The van der Waals surface area contributed by atoms with Gasteiger partial charge in [0.1, 0.15) is 0 Å².